The van der Waals surface area contributed by atoms with E-state index in [4.69, 9.17) is 23.2 Å². The minimum atomic E-state index is -0.116. The molecule has 116 valence electrons. The van der Waals surface area contributed by atoms with Crippen LogP contribution in [0.1, 0.15) is 44.2 Å². The lowest BCUT2D eigenvalue weighted by Crippen LogP contribution is -2.38. The van der Waals surface area contributed by atoms with Crippen molar-refractivity contribution in [3.8, 4) is 0 Å². The van der Waals surface area contributed by atoms with E-state index in [0.29, 0.717) is 16.6 Å². The quantitative estimate of drug-likeness (QED) is 0.904. The lowest BCUT2D eigenvalue weighted by atomic mass is 10.1. The number of amides is 1. The van der Waals surface area contributed by atoms with E-state index in [0.717, 1.165) is 18.7 Å². The number of nitrogens with one attached hydrogen (secondary N) is 1. The molecule has 0 saturated carbocycles. The highest BCUT2D eigenvalue weighted by Gasteiger charge is 2.16. The van der Waals surface area contributed by atoms with Crippen molar-refractivity contribution in [3.05, 3.63) is 33.8 Å². The summed E-state index contributed by atoms with van der Waals surface area (Å²) in [6.07, 6.45) is 4.92. The monoisotopic (exact) mass is 328 g/mol. The Kier molecular flexibility index (Phi) is 6.34. The number of nitrogens with zero attached hydrogens (tertiary/aromatic N) is 1. The summed E-state index contributed by atoms with van der Waals surface area (Å²) < 4.78 is 0. The lowest BCUT2D eigenvalue weighted by Gasteiger charge is -2.21. The summed E-state index contributed by atoms with van der Waals surface area (Å²) in [5, 5.41) is 4.21. The first-order valence-electron chi connectivity index (χ1n) is 7.53. The highest BCUT2D eigenvalue weighted by Crippen LogP contribution is 2.26. The molecule has 1 aliphatic rings. The van der Waals surface area contributed by atoms with Gasteiger partial charge in [-0.05, 0) is 50.6 Å². The molecule has 1 saturated heterocycles. The van der Waals surface area contributed by atoms with Gasteiger partial charge in [-0.3, -0.25) is 9.69 Å². The van der Waals surface area contributed by atoms with Crippen molar-refractivity contribution in [2.24, 2.45) is 0 Å². The zero-order valence-electron chi connectivity index (χ0n) is 12.4. The van der Waals surface area contributed by atoms with Crippen molar-refractivity contribution in [1.82, 2.24) is 10.2 Å². The highest BCUT2D eigenvalue weighted by molar-refractivity contribution is 6.35. The zero-order valence-corrected chi connectivity index (χ0v) is 13.9. The predicted molar refractivity (Wildman–Crippen MR) is 87.9 cm³/mol. The van der Waals surface area contributed by atoms with Crippen LogP contribution in [0.15, 0.2) is 18.2 Å². The molecule has 21 heavy (non-hydrogen) atoms. The fourth-order valence-electron chi connectivity index (χ4n) is 2.71. The van der Waals surface area contributed by atoms with Crippen molar-refractivity contribution in [3.63, 3.8) is 0 Å². The molecule has 1 N–H and O–H groups in total. The van der Waals surface area contributed by atoms with Gasteiger partial charge in [-0.1, -0.05) is 42.1 Å². The Morgan fingerprint density at radius 2 is 1.90 bits per heavy atom. The number of hydrogen-bond donors (Lipinski definition) is 1. The number of carbonyl (C=O) groups is 1. The fraction of sp³-hybridized carbons (Fsp3) is 0.562. The van der Waals surface area contributed by atoms with E-state index in [1.807, 2.05) is 13.0 Å². The molecule has 1 amide bonds. The Labute approximate surface area is 136 Å². The normalized spacial score (nSPS) is 18.0. The smallest absolute Gasteiger partial charge is 0.234 e. The second kappa shape index (κ2) is 8.02. The first kappa shape index (κ1) is 16.6. The third-order valence-electron chi connectivity index (χ3n) is 3.87. The van der Waals surface area contributed by atoms with Gasteiger partial charge in [-0.15, -0.1) is 0 Å². The van der Waals surface area contributed by atoms with Gasteiger partial charge in [-0.25, -0.2) is 0 Å². The molecule has 1 aromatic carbocycles. The summed E-state index contributed by atoms with van der Waals surface area (Å²) in [5.41, 5.74) is 0.894. The first-order valence-corrected chi connectivity index (χ1v) is 8.28. The van der Waals surface area contributed by atoms with Crippen LogP contribution in [0, 0.1) is 0 Å². The Morgan fingerprint density at radius 1 is 1.24 bits per heavy atom. The van der Waals surface area contributed by atoms with Crippen molar-refractivity contribution >= 4 is 29.1 Å². The van der Waals surface area contributed by atoms with Gasteiger partial charge < -0.3 is 5.32 Å². The van der Waals surface area contributed by atoms with Gasteiger partial charge in [0.25, 0.3) is 0 Å². The molecule has 1 heterocycles. The zero-order chi connectivity index (χ0) is 15.2. The third-order valence-corrected chi connectivity index (χ3v) is 4.43. The van der Waals surface area contributed by atoms with Crippen LogP contribution in [-0.2, 0) is 4.79 Å². The lowest BCUT2D eigenvalue weighted by molar-refractivity contribution is -0.122. The SMILES string of the molecule is C[C@@H](NC(=O)CN1CCCCCC1)c1ccc(Cl)cc1Cl. The van der Waals surface area contributed by atoms with Gasteiger partial charge in [0.05, 0.1) is 12.6 Å². The average Bonchev–Trinajstić information content (AvgIpc) is 2.66. The van der Waals surface area contributed by atoms with E-state index < -0.39 is 0 Å². The van der Waals surface area contributed by atoms with E-state index in [1.165, 1.54) is 25.7 Å². The van der Waals surface area contributed by atoms with Gasteiger partial charge in [0, 0.05) is 10.0 Å². The largest absolute Gasteiger partial charge is 0.348 e. The summed E-state index contributed by atoms with van der Waals surface area (Å²) in [5.74, 6) is 0.0513. The van der Waals surface area contributed by atoms with Crippen molar-refractivity contribution in [2.45, 2.75) is 38.6 Å². The first-order chi connectivity index (χ1) is 10.1. The van der Waals surface area contributed by atoms with Gasteiger partial charge in [0.15, 0.2) is 0 Å². The number of likely N-dealkylation sites (tertiary alicyclic amines) is 1. The topological polar surface area (TPSA) is 32.3 Å². The summed E-state index contributed by atoms with van der Waals surface area (Å²) in [6, 6.07) is 5.24. The molecular formula is C16H22Cl2N2O. The molecule has 0 spiro atoms. The van der Waals surface area contributed by atoms with Gasteiger partial charge >= 0.3 is 0 Å². The maximum absolute atomic E-state index is 12.2. The molecule has 5 heteroatoms. The van der Waals surface area contributed by atoms with Gasteiger partial charge in [-0.2, -0.15) is 0 Å². The highest BCUT2D eigenvalue weighted by atomic mass is 35.5. The fourth-order valence-corrected chi connectivity index (χ4v) is 3.29. The number of carbonyl (C=O) groups excluding carboxylic acids is 1. The van der Waals surface area contributed by atoms with E-state index in [2.05, 4.69) is 10.2 Å². The molecule has 1 fully saturated rings. The third kappa shape index (κ3) is 5.17. The second-order valence-electron chi connectivity index (χ2n) is 5.65. The minimum absolute atomic E-state index is 0.0513. The van der Waals surface area contributed by atoms with Crippen molar-refractivity contribution < 1.29 is 4.79 Å². The van der Waals surface area contributed by atoms with Gasteiger partial charge in [0.2, 0.25) is 5.91 Å². The summed E-state index contributed by atoms with van der Waals surface area (Å²) >= 11 is 12.1. The molecule has 1 aromatic rings. The molecule has 0 aromatic heterocycles. The maximum Gasteiger partial charge on any atom is 0.234 e. The van der Waals surface area contributed by atoms with Crippen LogP contribution in [0.25, 0.3) is 0 Å². The second-order valence-corrected chi connectivity index (χ2v) is 6.49. The molecular weight excluding hydrogens is 307 g/mol. The summed E-state index contributed by atoms with van der Waals surface area (Å²) in [4.78, 5) is 14.4. The average molecular weight is 329 g/mol. The summed E-state index contributed by atoms with van der Waals surface area (Å²) in [7, 11) is 0. The summed E-state index contributed by atoms with van der Waals surface area (Å²) in [6.45, 7) is 4.44. The number of halogens is 2. The van der Waals surface area contributed by atoms with Crippen LogP contribution in [0.3, 0.4) is 0 Å². The molecule has 1 aliphatic heterocycles. The van der Waals surface area contributed by atoms with Crippen LogP contribution in [-0.4, -0.2) is 30.4 Å². The van der Waals surface area contributed by atoms with Crippen LogP contribution < -0.4 is 5.32 Å². The molecule has 2 rings (SSSR count). The molecule has 0 aliphatic carbocycles. The Morgan fingerprint density at radius 3 is 2.52 bits per heavy atom. The Balaban J connectivity index is 1.89. The number of benzene rings is 1. The Bertz CT molecular complexity index is 485. The van der Waals surface area contributed by atoms with E-state index >= 15 is 0 Å². The number of rotatable bonds is 4. The van der Waals surface area contributed by atoms with Crippen LogP contribution >= 0.6 is 23.2 Å². The molecule has 1 atom stereocenters. The molecule has 0 bridgehead atoms. The van der Waals surface area contributed by atoms with Crippen LogP contribution in [0.5, 0.6) is 0 Å². The Hall–Kier alpha value is -0.770. The molecule has 0 radical (unpaired) electrons. The van der Waals surface area contributed by atoms with E-state index in [9.17, 15) is 4.79 Å². The minimum Gasteiger partial charge on any atom is -0.348 e. The van der Waals surface area contributed by atoms with Crippen LogP contribution in [0.4, 0.5) is 0 Å². The predicted octanol–water partition coefficient (Wildman–Crippen LogP) is 4.05. The van der Waals surface area contributed by atoms with E-state index in [1.54, 1.807) is 12.1 Å². The number of hydrogen-bond acceptors (Lipinski definition) is 2. The van der Waals surface area contributed by atoms with Crippen molar-refractivity contribution in [1.29, 1.82) is 0 Å². The van der Waals surface area contributed by atoms with Gasteiger partial charge in [0.1, 0.15) is 0 Å². The van der Waals surface area contributed by atoms with E-state index in [-0.39, 0.29) is 11.9 Å². The van der Waals surface area contributed by atoms with Crippen LogP contribution in [0.2, 0.25) is 10.0 Å². The van der Waals surface area contributed by atoms with Crippen molar-refractivity contribution in [2.75, 3.05) is 19.6 Å². The molecule has 3 nitrogen and oxygen atoms in total. The molecule has 0 unspecified atom stereocenters. The maximum atomic E-state index is 12.2. The standard InChI is InChI=1S/C16H22Cl2N2O/c1-12(14-7-6-13(17)10-15(14)18)19-16(21)11-20-8-4-2-3-5-9-20/h6-7,10,12H,2-5,8-9,11H2,1H3,(H,19,21)/t12-/m1/s1.